The first kappa shape index (κ1) is 25.0. The molecule has 0 saturated carbocycles. The minimum absolute atomic E-state index is 0.169. The molecule has 1 saturated heterocycles. The molecule has 2 atom stereocenters. The highest BCUT2D eigenvalue weighted by Crippen LogP contribution is 2.36. The number of rotatable bonds is 7. The maximum atomic E-state index is 12.8. The number of imidazole rings is 1. The normalized spacial score (nSPS) is 17.5. The molecule has 0 amide bonds. The summed E-state index contributed by atoms with van der Waals surface area (Å²) in [5, 5.41) is 16.5. The average Bonchev–Trinajstić information content (AvgIpc) is 3.56. The number of carbonyl (C=O) groups excluding carboxylic acids is 1. The minimum atomic E-state index is -0.642. The SMILES string of the molecule is CCOC(=O)c1cnc2c(N(C)Cc3ccccc3)cc(-c3cn([C@@H]4CCOC[C@H]4O)c4ncccc34)nn12. The van der Waals surface area contributed by atoms with E-state index in [1.54, 1.807) is 17.6 Å². The van der Waals surface area contributed by atoms with Crippen LogP contribution in [0, 0.1) is 0 Å². The highest BCUT2D eigenvalue weighted by molar-refractivity contribution is 5.95. The average molecular weight is 527 g/mol. The summed E-state index contributed by atoms with van der Waals surface area (Å²) in [5.41, 5.74) is 5.02. The van der Waals surface area contributed by atoms with Crippen LogP contribution in [0.4, 0.5) is 5.69 Å². The molecule has 1 aliphatic heterocycles. The van der Waals surface area contributed by atoms with Crippen LogP contribution in [0.15, 0.2) is 67.1 Å². The van der Waals surface area contributed by atoms with Gasteiger partial charge in [0.2, 0.25) is 0 Å². The summed E-state index contributed by atoms with van der Waals surface area (Å²) in [5.74, 6) is -0.485. The number of aliphatic hydroxyl groups excluding tert-OH is 1. The molecule has 5 heterocycles. The summed E-state index contributed by atoms with van der Waals surface area (Å²) < 4.78 is 14.3. The van der Waals surface area contributed by atoms with Crippen molar-refractivity contribution in [3.8, 4) is 11.3 Å². The van der Waals surface area contributed by atoms with Gasteiger partial charge in [0.1, 0.15) is 5.65 Å². The Balaban J connectivity index is 1.53. The van der Waals surface area contributed by atoms with Crippen molar-refractivity contribution in [2.45, 2.75) is 32.0 Å². The van der Waals surface area contributed by atoms with E-state index in [0.29, 0.717) is 30.9 Å². The van der Waals surface area contributed by atoms with E-state index in [1.807, 2.05) is 54.2 Å². The Morgan fingerprint density at radius 1 is 1.18 bits per heavy atom. The van der Waals surface area contributed by atoms with E-state index in [1.165, 1.54) is 6.20 Å². The molecule has 0 aliphatic carbocycles. The number of hydrogen-bond acceptors (Lipinski definition) is 8. The van der Waals surface area contributed by atoms with Crippen molar-refractivity contribution in [2.75, 3.05) is 31.8 Å². The number of nitrogens with zero attached hydrogens (tertiary/aromatic N) is 6. The van der Waals surface area contributed by atoms with E-state index in [2.05, 4.69) is 27.0 Å². The number of pyridine rings is 1. The van der Waals surface area contributed by atoms with E-state index in [4.69, 9.17) is 14.6 Å². The van der Waals surface area contributed by atoms with Crippen LogP contribution >= 0.6 is 0 Å². The monoisotopic (exact) mass is 526 g/mol. The lowest BCUT2D eigenvalue weighted by Crippen LogP contribution is -2.34. The number of ether oxygens (including phenoxy) is 2. The van der Waals surface area contributed by atoms with Gasteiger partial charge in [0.05, 0.1) is 42.9 Å². The van der Waals surface area contributed by atoms with Crippen molar-refractivity contribution >= 4 is 28.3 Å². The zero-order valence-corrected chi connectivity index (χ0v) is 21.9. The summed E-state index contributed by atoms with van der Waals surface area (Å²) in [6.07, 6.45) is 5.28. The summed E-state index contributed by atoms with van der Waals surface area (Å²) in [6, 6.07) is 15.9. The Hall–Kier alpha value is -4.28. The summed E-state index contributed by atoms with van der Waals surface area (Å²) in [6.45, 7) is 3.51. The summed E-state index contributed by atoms with van der Waals surface area (Å²) >= 11 is 0. The first-order valence-corrected chi connectivity index (χ1v) is 13.1. The van der Waals surface area contributed by atoms with Crippen LogP contribution in [-0.4, -0.2) is 68.2 Å². The van der Waals surface area contributed by atoms with Crippen LogP contribution in [0.2, 0.25) is 0 Å². The Labute approximate surface area is 225 Å². The Morgan fingerprint density at radius 3 is 2.82 bits per heavy atom. The van der Waals surface area contributed by atoms with Gasteiger partial charge in [-0.1, -0.05) is 30.3 Å². The maximum Gasteiger partial charge on any atom is 0.358 e. The molecule has 6 rings (SSSR count). The molecule has 10 nitrogen and oxygen atoms in total. The Morgan fingerprint density at radius 2 is 2.03 bits per heavy atom. The van der Waals surface area contributed by atoms with Crippen molar-refractivity contribution in [3.05, 3.63) is 78.4 Å². The lowest BCUT2D eigenvalue weighted by molar-refractivity contribution is -0.0375. The predicted octanol–water partition coefficient (Wildman–Crippen LogP) is 3.88. The topological polar surface area (TPSA) is 107 Å². The zero-order valence-electron chi connectivity index (χ0n) is 21.9. The number of hydrogen-bond donors (Lipinski definition) is 1. The van der Waals surface area contributed by atoms with E-state index in [-0.39, 0.29) is 24.9 Å². The highest BCUT2D eigenvalue weighted by atomic mass is 16.5. The van der Waals surface area contributed by atoms with E-state index in [9.17, 15) is 9.90 Å². The maximum absolute atomic E-state index is 12.8. The van der Waals surface area contributed by atoms with Gasteiger partial charge < -0.3 is 24.0 Å². The van der Waals surface area contributed by atoms with Gasteiger partial charge in [0.15, 0.2) is 11.3 Å². The van der Waals surface area contributed by atoms with Gasteiger partial charge in [-0.05, 0) is 37.1 Å². The molecule has 1 aliphatic rings. The quantitative estimate of drug-likeness (QED) is 0.319. The fourth-order valence-electron chi connectivity index (χ4n) is 5.23. The second-order valence-electron chi connectivity index (χ2n) is 9.68. The largest absolute Gasteiger partial charge is 0.461 e. The molecule has 1 N–H and O–H groups in total. The van der Waals surface area contributed by atoms with E-state index < -0.39 is 12.1 Å². The molecule has 10 heteroatoms. The molecule has 1 fully saturated rings. The first-order valence-electron chi connectivity index (χ1n) is 13.1. The standard InChI is InChI=1S/C29H30N6O4/c1-3-39-29(37)25-15-31-28-24(33(2)16-19-8-5-4-6-9-19)14-22(32-35(25)28)21-17-34(23-11-13-38-18-26(23)36)27-20(21)10-7-12-30-27/h4-10,12,14-15,17,23,26,36H,3,11,13,16,18H2,1-2H3/t23-,26-/m1/s1. The molecular weight excluding hydrogens is 496 g/mol. The van der Waals surface area contributed by atoms with Gasteiger partial charge in [-0.3, -0.25) is 0 Å². The number of aliphatic hydroxyl groups is 1. The van der Waals surface area contributed by atoms with Gasteiger partial charge in [-0.25, -0.2) is 19.3 Å². The van der Waals surface area contributed by atoms with Crippen LogP contribution < -0.4 is 4.90 Å². The second kappa shape index (κ2) is 10.5. The van der Waals surface area contributed by atoms with Crippen LogP contribution in [0.1, 0.15) is 35.4 Å². The van der Waals surface area contributed by atoms with Crippen LogP contribution in [0.3, 0.4) is 0 Å². The molecular formula is C29H30N6O4. The molecule has 1 aromatic carbocycles. The van der Waals surface area contributed by atoms with Crippen LogP contribution in [0.25, 0.3) is 27.9 Å². The molecule has 39 heavy (non-hydrogen) atoms. The van der Waals surface area contributed by atoms with Crippen molar-refractivity contribution in [2.24, 2.45) is 0 Å². The van der Waals surface area contributed by atoms with Crippen molar-refractivity contribution in [3.63, 3.8) is 0 Å². The van der Waals surface area contributed by atoms with Crippen molar-refractivity contribution in [1.82, 2.24) is 24.1 Å². The summed E-state index contributed by atoms with van der Waals surface area (Å²) in [7, 11) is 1.99. The lowest BCUT2D eigenvalue weighted by atomic mass is 10.1. The van der Waals surface area contributed by atoms with Crippen LogP contribution in [-0.2, 0) is 16.0 Å². The van der Waals surface area contributed by atoms with Gasteiger partial charge >= 0.3 is 5.97 Å². The number of aromatic nitrogens is 5. The highest BCUT2D eigenvalue weighted by Gasteiger charge is 2.29. The van der Waals surface area contributed by atoms with Gasteiger partial charge in [0, 0.05) is 43.5 Å². The number of benzene rings is 1. The molecule has 200 valence electrons. The molecule has 0 spiro atoms. The first-order chi connectivity index (χ1) is 19.0. The third-order valence-electron chi connectivity index (χ3n) is 7.12. The van der Waals surface area contributed by atoms with Gasteiger partial charge in [-0.2, -0.15) is 5.10 Å². The number of carbonyl (C=O) groups is 1. The van der Waals surface area contributed by atoms with Gasteiger partial charge in [0.25, 0.3) is 0 Å². The Bertz CT molecular complexity index is 1630. The molecule has 0 radical (unpaired) electrons. The predicted molar refractivity (Wildman–Crippen MR) is 147 cm³/mol. The number of fused-ring (bicyclic) bond motifs is 2. The summed E-state index contributed by atoms with van der Waals surface area (Å²) in [4.78, 5) is 24.1. The van der Waals surface area contributed by atoms with Crippen molar-refractivity contribution < 1.29 is 19.4 Å². The molecule has 5 aromatic rings. The lowest BCUT2D eigenvalue weighted by Gasteiger charge is -2.29. The fraction of sp³-hybridized carbons (Fsp3) is 0.310. The zero-order chi connectivity index (χ0) is 26.9. The molecule has 0 unspecified atom stereocenters. The smallest absolute Gasteiger partial charge is 0.358 e. The van der Waals surface area contributed by atoms with E-state index >= 15 is 0 Å². The van der Waals surface area contributed by atoms with Gasteiger partial charge in [-0.15, -0.1) is 0 Å². The van der Waals surface area contributed by atoms with Crippen molar-refractivity contribution in [1.29, 1.82) is 0 Å². The van der Waals surface area contributed by atoms with Crippen LogP contribution in [0.5, 0.6) is 0 Å². The van der Waals surface area contributed by atoms with E-state index in [0.717, 1.165) is 27.8 Å². The molecule has 4 aromatic heterocycles. The minimum Gasteiger partial charge on any atom is -0.461 e. The Kier molecular flexibility index (Phi) is 6.72. The third-order valence-corrected chi connectivity index (χ3v) is 7.12. The fourth-order valence-corrected chi connectivity index (χ4v) is 5.23. The third kappa shape index (κ3) is 4.62. The second-order valence-corrected chi connectivity index (χ2v) is 9.68. The number of esters is 1. The molecule has 0 bridgehead atoms. The number of anilines is 1.